The van der Waals surface area contributed by atoms with Crippen molar-refractivity contribution in [1.82, 2.24) is 4.98 Å². The standard InChI is InChI=1S/C23H17NO/c1-3-8-18(9-4-1)14-15-19-10-7-13-21(16-19)23-24-17-22(25-23)20-11-5-2-6-12-20/h1-17H. The van der Waals surface area contributed by atoms with Crippen molar-refractivity contribution >= 4 is 12.2 Å². The van der Waals surface area contributed by atoms with Crippen molar-refractivity contribution in [2.45, 2.75) is 0 Å². The van der Waals surface area contributed by atoms with E-state index in [4.69, 9.17) is 4.42 Å². The summed E-state index contributed by atoms with van der Waals surface area (Å²) in [5, 5.41) is 0. The van der Waals surface area contributed by atoms with Crippen molar-refractivity contribution in [3.63, 3.8) is 0 Å². The van der Waals surface area contributed by atoms with Gasteiger partial charge in [-0.15, -0.1) is 0 Å². The number of nitrogens with zero attached hydrogens (tertiary/aromatic N) is 1. The summed E-state index contributed by atoms with van der Waals surface area (Å²) >= 11 is 0. The molecule has 25 heavy (non-hydrogen) atoms. The zero-order chi connectivity index (χ0) is 16.9. The van der Waals surface area contributed by atoms with E-state index in [2.05, 4.69) is 41.4 Å². The zero-order valence-electron chi connectivity index (χ0n) is 13.7. The maximum atomic E-state index is 5.94. The Morgan fingerprint density at radius 3 is 2.08 bits per heavy atom. The highest BCUT2D eigenvalue weighted by Gasteiger charge is 2.08. The van der Waals surface area contributed by atoms with Crippen LogP contribution in [0.25, 0.3) is 34.9 Å². The Kier molecular flexibility index (Phi) is 4.25. The van der Waals surface area contributed by atoms with Gasteiger partial charge in [0, 0.05) is 11.1 Å². The predicted molar refractivity (Wildman–Crippen MR) is 103 cm³/mol. The molecule has 0 saturated heterocycles. The summed E-state index contributed by atoms with van der Waals surface area (Å²) in [5.41, 5.74) is 4.29. The molecule has 2 heteroatoms. The molecule has 3 aromatic carbocycles. The van der Waals surface area contributed by atoms with Crippen molar-refractivity contribution in [2.75, 3.05) is 0 Å². The van der Waals surface area contributed by atoms with Crippen molar-refractivity contribution < 1.29 is 4.42 Å². The topological polar surface area (TPSA) is 26.0 Å². The van der Waals surface area contributed by atoms with Crippen LogP contribution in [0, 0.1) is 0 Å². The predicted octanol–water partition coefficient (Wildman–Crippen LogP) is 6.18. The van der Waals surface area contributed by atoms with Gasteiger partial charge in [0.05, 0.1) is 6.20 Å². The van der Waals surface area contributed by atoms with Crippen LogP contribution in [0.1, 0.15) is 11.1 Å². The minimum atomic E-state index is 0.633. The van der Waals surface area contributed by atoms with E-state index in [0.29, 0.717) is 5.89 Å². The summed E-state index contributed by atoms with van der Waals surface area (Å²) in [6, 6.07) is 28.5. The third-order valence-electron chi connectivity index (χ3n) is 3.97. The van der Waals surface area contributed by atoms with Gasteiger partial charge in [-0.05, 0) is 23.3 Å². The lowest BCUT2D eigenvalue weighted by Gasteiger charge is -1.99. The molecule has 2 nitrogen and oxygen atoms in total. The second kappa shape index (κ2) is 7.02. The molecule has 0 radical (unpaired) electrons. The minimum absolute atomic E-state index is 0.633. The maximum absolute atomic E-state index is 5.94. The first-order valence-corrected chi connectivity index (χ1v) is 8.23. The highest BCUT2D eigenvalue weighted by molar-refractivity contribution is 5.72. The van der Waals surface area contributed by atoms with Gasteiger partial charge in [-0.1, -0.05) is 84.9 Å². The Hall–Kier alpha value is -3.39. The van der Waals surface area contributed by atoms with E-state index in [9.17, 15) is 0 Å². The zero-order valence-corrected chi connectivity index (χ0v) is 13.7. The fraction of sp³-hybridized carbons (Fsp3) is 0. The lowest BCUT2D eigenvalue weighted by atomic mass is 10.1. The number of aromatic nitrogens is 1. The van der Waals surface area contributed by atoms with Gasteiger partial charge in [0.2, 0.25) is 5.89 Å². The first kappa shape index (κ1) is 15.2. The SMILES string of the molecule is C(=Cc1cccc(-c2ncc(-c3ccccc3)o2)c1)c1ccccc1. The van der Waals surface area contributed by atoms with E-state index in [1.54, 1.807) is 6.20 Å². The van der Waals surface area contributed by atoms with E-state index in [1.807, 2.05) is 60.7 Å². The van der Waals surface area contributed by atoms with E-state index < -0.39 is 0 Å². The first-order chi connectivity index (χ1) is 12.4. The number of hydrogen-bond acceptors (Lipinski definition) is 2. The Balaban J connectivity index is 1.60. The highest BCUT2D eigenvalue weighted by Crippen LogP contribution is 2.26. The van der Waals surface area contributed by atoms with Gasteiger partial charge in [-0.2, -0.15) is 0 Å². The van der Waals surface area contributed by atoms with Crippen LogP contribution in [0.4, 0.5) is 0 Å². The fourth-order valence-corrected chi connectivity index (χ4v) is 2.68. The summed E-state index contributed by atoms with van der Waals surface area (Å²) in [5.74, 6) is 1.41. The van der Waals surface area contributed by atoms with Crippen LogP contribution in [0.15, 0.2) is 95.5 Å². The second-order valence-electron chi connectivity index (χ2n) is 5.77. The Bertz CT molecular complexity index is 985. The molecular formula is C23H17NO. The molecule has 1 aromatic heterocycles. The molecule has 4 aromatic rings. The average molecular weight is 323 g/mol. The van der Waals surface area contributed by atoms with Crippen LogP contribution in [-0.2, 0) is 0 Å². The van der Waals surface area contributed by atoms with Crippen LogP contribution >= 0.6 is 0 Å². The Morgan fingerprint density at radius 1 is 0.640 bits per heavy atom. The number of oxazole rings is 1. The van der Waals surface area contributed by atoms with Gasteiger partial charge in [-0.3, -0.25) is 0 Å². The molecule has 0 N–H and O–H groups in total. The van der Waals surface area contributed by atoms with Crippen molar-refractivity contribution in [3.05, 3.63) is 102 Å². The maximum Gasteiger partial charge on any atom is 0.226 e. The summed E-state index contributed by atoms with van der Waals surface area (Å²) in [6.07, 6.45) is 5.97. The van der Waals surface area contributed by atoms with Gasteiger partial charge in [0.1, 0.15) is 0 Å². The molecule has 120 valence electrons. The van der Waals surface area contributed by atoms with Crippen molar-refractivity contribution in [1.29, 1.82) is 0 Å². The van der Waals surface area contributed by atoms with Crippen molar-refractivity contribution in [2.24, 2.45) is 0 Å². The normalized spacial score (nSPS) is 11.0. The molecule has 0 aliphatic rings. The number of benzene rings is 3. The monoisotopic (exact) mass is 323 g/mol. The van der Waals surface area contributed by atoms with Crippen LogP contribution in [-0.4, -0.2) is 4.98 Å². The van der Waals surface area contributed by atoms with Gasteiger partial charge < -0.3 is 4.42 Å². The molecule has 0 unspecified atom stereocenters. The summed E-state index contributed by atoms with van der Waals surface area (Å²) in [6.45, 7) is 0. The molecule has 0 amide bonds. The molecule has 0 saturated carbocycles. The molecule has 1 heterocycles. The molecular weight excluding hydrogens is 306 g/mol. The Morgan fingerprint density at radius 2 is 1.28 bits per heavy atom. The molecule has 0 aliphatic carbocycles. The third kappa shape index (κ3) is 3.59. The molecule has 0 atom stereocenters. The molecule has 0 aliphatic heterocycles. The van der Waals surface area contributed by atoms with E-state index in [1.165, 1.54) is 5.56 Å². The smallest absolute Gasteiger partial charge is 0.226 e. The third-order valence-corrected chi connectivity index (χ3v) is 3.97. The average Bonchev–Trinajstić information content (AvgIpc) is 3.18. The van der Waals surface area contributed by atoms with Crippen molar-refractivity contribution in [3.8, 4) is 22.8 Å². The minimum Gasteiger partial charge on any atom is -0.436 e. The summed E-state index contributed by atoms with van der Waals surface area (Å²) < 4.78 is 5.94. The largest absolute Gasteiger partial charge is 0.436 e. The van der Waals surface area contributed by atoms with Crippen LogP contribution in [0.2, 0.25) is 0 Å². The van der Waals surface area contributed by atoms with Gasteiger partial charge in [-0.25, -0.2) is 4.98 Å². The molecule has 0 spiro atoms. The van der Waals surface area contributed by atoms with E-state index in [0.717, 1.165) is 22.5 Å². The van der Waals surface area contributed by atoms with Gasteiger partial charge in [0.25, 0.3) is 0 Å². The fourth-order valence-electron chi connectivity index (χ4n) is 2.68. The highest BCUT2D eigenvalue weighted by atomic mass is 16.4. The molecule has 0 bridgehead atoms. The lowest BCUT2D eigenvalue weighted by Crippen LogP contribution is -1.79. The summed E-state index contributed by atoms with van der Waals surface area (Å²) in [4.78, 5) is 4.43. The van der Waals surface area contributed by atoms with Crippen LogP contribution in [0.5, 0.6) is 0 Å². The Labute approximate surface area is 147 Å². The summed E-state index contributed by atoms with van der Waals surface area (Å²) in [7, 11) is 0. The van der Waals surface area contributed by atoms with Gasteiger partial charge >= 0.3 is 0 Å². The molecule has 4 rings (SSSR count). The van der Waals surface area contributed by atoms with Crippen LogP contribution in [0.3, 0.4) is 0 Å². The van der Waals surface area contributed by atoms with E-state index >= 15 is 0 Å². The molecule has 0 fully saturated rings. The second-order valence-corrected chi connectivity index (χ2v) is 5.77. The first-order valence-electron chi connectivity index (χ1n) is 8.23. The number of hydrogen-bond donors (Lipinski definition) is 0. The van der Waals surface area contributed by atoms with Gasteiger partial charge in [0.15, 0.2) is 5.76 Å². The lowest BCUT2D eigenvalue weighted by molar-refractivity contribution is 0.589. The quantitative estimate of drug-likeness (QED) is 0.419. The number of rotatable bonds is 4. The van der Waals surface area contributed by atoms with Crippen LogP contribution < -0.4 is 0 Å². The van der Waals surface area contributed by atoms with E-state index in [-0.39, 0.29) is 0 Å².